The predicted molar refractivity (Wildman–Crippen MR) is 99.1 cm³/mol. The third kappa shape index (κ3) is 3.85. The Bertz CT molecular complexity index is 661. The van der Waals surface area contributed by atoms with E-state index in [0.29, 0.717) is 6.54 Å². The van der Waals surface area contributed by atoms with E-state index in [4.69, 9.17) is 4.74 Å². The average molecular weight is 336 g/mol. The van der Waals surface area contributed by atoms with Crippen molar-refractivity contribution in [2.45, 2.75) is 25.4 Å². The van der Waals surface area contributed by atoms with E-state index in [9.17, 15) is 4.79 Å². The van der Waals surface area contributed by atoms with Crippen molar-refractivity contribution in [1.82, 2.24) is 4.90 Å². The van der Waals surface area contributed by atoms with Gasteiger partial charge in [-0.15, -0.1) is 0 Å². The maximum atomic E-state index is 13.2. The fourth-order valence-electron chi connectivity index (χ4n) is 3.26. The Morgan fingerprint density at radius 3 is 2.12 bits per heavy atom. The van der Waals surface area contributed by atoms with Gasteiger partial charge in [0.05, 0.1) is 17.5 Å². The summed E-state index contributed by atoms with van der Waals surface area (Å²) in [5.41, 5.74) is 1.78. The van der Waals surface area contributed by atoms with E-state index in [1.54, 1.807) is 4.90 Å². The van der Waals surface area contributed by atoms with Gasteiger partial charge in [0.25, 0.3) is 0 Å². The first-order valence-electron chi connectivity index (χ1n) is 9.12. The first-order chi connectivity index (χ1) is 12.3. The second-order valence-electron chi connectivity index (χ2n) is 6.92. The summed E-state index contributed by atoms with van der Waals surface area (Å²) < 4.78 is 5.99. The second kappa shape index (κ2) is 7.28. The molecule has 4 rings (SSSR count). The molecule has 130 valence electrons. The van der Waals surface area contributed by atoms with Gasteiger partial charge in [0, 0.05) is 19.7 Å². The van der Waals surface area contributed by atoms with Gasteiger partial charge in [-0.05, 0) is 49.4 Å². The summed E-state index contributed by atoms with van der Waals surface area (Å²) in [4.78, 5) is 16.9. The van der Waals surface area contributed by atoms with Crippen LogP contribution in [0.5, 0.6) is 0 Å². The number of anilines is 2. The Balaban J connectivity index is 1.50. The van der Waals surface area contributed by atoms with Gasteiger partial charge in [0.1, 0.15) is 0 Å². The monoisotopic (exact) mass is 336 g/mol. The zero-order valence-electron chi connectivity index (χ0n) is 14.4. The standard InChI is InChI=1S/C21H24N2O2/c24-21(22-14-13-20(15-22)25-16-17-11-12-17)23(18-7-3-1-4-8-18)19-9-5-2-6-10-19/h1-10,17,20H,11-16H2. The molecule has 1 atom stereocenters. The Labute approximate surface area is 149 Å². The van der Waals surface area contributed by atoms with Crippen molar-refractivity contribution in [3.8, 4) is 0 Å². The molecule has 2 fully saturated rings. The van der Waals surface area contributed by atoms with Crippen molar-refractivity contribution in [3.63, 3.8) is 0 Å². The fraction of sp³-hybridized carbons (Fsp3) is 0.381. The molecular weight excluding hydrogens is 312 g/mol. The van der Waals surface area contributed by atoms with Crippen LogP contribution < -0.4 is 4.90 Å². The Kier molecular flexibility index (Phi) is 4.70. The van der Waals surface area contributed by atoms with Gasteiger partial charge in [-0.25, -0.2) is 4.79 Å². The molecule has 0 N–H and O–H groups in total. The summed E-state index contributed by atoms with van der Waals surface area (Å²) in [6.45, 7) is 2.29. The van der Waals surface area contributed by atoms with Gasteiger partial charge in [0.15, 0.2) is 0 Å². The smallest absolute Gasteiger partial charge is 0.329 e. The number of carbonyl (C=O) groups excluding carboxylic acids is 1. The lowest BCUT2D eigenvalue weighted by Crippen LogP contribution is -2.40. The largest absolute Gasteiger partial charge is 0.376 e. The van der Waals surface area contributed by atoms with Crippen molar-refractivity contribution in [1.29, 1.82) is 0 Å². The number of likely N-dealkylation sites (tertiary alicyclic amines) is 1. The van der Waals surface area contributed by atoms with Crippen LogP contribution in [0.1, 0.15) is 19.3 Å². The van der Waals surface area contributed by atoms with Crippen molar-refractivity contribution in [2.75, 3.05) is 24.6 Å². The fourth-order valence-corrected chi connectivity index (χ4v) is 3.26. The topological polar surface area (TPSA) is 32.8 Å². The molecule has 0 radical (unpaired) electrons. The molecule has 2 aliphatic rings. The van der Waals surface area contributed by atoms with E-state index in [-0.39, 0.29) is 12.1 Å². The highest BCUT2D eigenvalue weighted by molar-refractivity contribution is 5.99. The van der Waals surface area contributed by atoms with Crippen LogP contribution in [-0.4, -0.2) is 36.7 Å². The van der Waals surface area contributed by atoms with E-state index in [1.165, 1.54) is 12.8 Å². The molecule has 0 bridgehead atoms. The second-order valence-corrected chi connectivity index (χ2v) is 6.92. The van der Waals surface area contributed by atoms with Crippen molar-refractivity contribution < 1.29 is 9.53 Å². The minimum Gasteiger partial charge on any atom is -0.376 e. The van der Waals surface area contributed by atoms with E-state index in [1.807, 2.05) is 65.6 Å². The lowest BCUT2D eigenvalue weighted by molar-refractivity contribution is 0.0541. The first kappa shape index (κ1) is 16.2. The molecule has 0 spiro atoms. The predicted octanol–water partition coefficient (Wildman–Crippen LogP) is 4.45. The van der Waals surface area contributed by atoms with E-state index < -0.39 is 0 Å². The maximum absolute atomic E-state index is 13.2. The SMILES string of the molecule is O=C(N1CCC(OCC2CC2)C1)N(c1ccccc1)c1ccccc1. The van der Waals surface area contributed by atoms with E-state index >= 15 is 0 Å². The molecule has 1 saturated heterocycles. The molecule has 1 heterocycles. The third-order valence-electron chi connectivity index (χ3n) is 4.90. The number of amides is 2. The molecule has 1 aliphatic heterocycles. The quantitative estimate of drug-likeness (QED) is 0.808. The lowest BCUT2D eigenvalue weighted by Gasteiger charge is -2.28. The van der Waals surface area contributed by atoms with Crippen molar-refractivity contribution >= 4 is 17.4 Å². The van der Waals surface area contributed by atoms with E-state index in [0.717, 1.165) is 36.9 Å². The first-order valence-corrected chi connectivity index (χ1v) is 9.12. The Hall–Kier alpha value is -2.33. The highest BCUT2D eigenvalue weighted by atomic mass is 16.5. The van der Waals surface area contributed by atoms with Crippen LogP contribution in [0.3, 0.4) is 0 Å². The minimum absolute atomic E-state index is 0.0231. The zero-order valence-corrected chi connectivity index (χ0v) is 14.4. The number of para-hydroxylation sites is 2. The number of nitrogens with zero attached hydrogens (tertiary/aromatic N) is 2. The number of benzene rings is 2. The van der Waals surface area contributed by atoms with Crippen LogP contribution in [0.15, 0.2) is 60.7 Å². The molecule has 1 aliphatic carbocycles. The molecule has 4 nitrogen and oxygen atoms in total. The number of hydrogen-bond acceptors (Lipinski definition) is 2. The summed E-state index contributed by atoms with van der Waals surface area (Å²) in [7, 11) is 0. The van der Waals surface area contributed by atoms with Gasteiger partial charge in [0.2, 0.25) is 0 Å². The van der Waals surface area contributed by atoms with Gasteiger partial charge in [-0.2, -0.15) is 0 Å². The van der Waals surface area contributed by atoms with Gasteiger partial charge in [-0.1, -0.05) is 36.4 Å². The number of urea groups is 1. The molecule has 1 unspecified atom stereocenters. The van der Waals surface area contributed by atoms with Crippen molar-refractivity contribution in [2.24, 2.45) is 5.92 Å². The molecule has 25 heavy (non-hydrogen) atoms. The summed E-state index contributed by atoms with van der Waals surface area (Å²) >= 11 is 0. The maximum Gasteiger partial charge on any atom is 0.329 e. The summed E-state index contributed by atoms with van der Waals surface area (Å²) in [6, 6.07) is 19.7. The summed E-state index contributed by atoms with van der Waals surface area (Å²) in [6.07, 6.45) is 3.70. The van der Waals surface area contributed by atoms with Crippen LogP contribution in [0.2, 0.25) is 0 Å². The van der Waals surface area contributed by atoms with E-state index in [2.05, 4.69) is 0 Å². The molecule has 4 heteroatoms. The third-order valence-corrected chi connectivity index (χ3v) is 4.90. The molecule has 1 saturated carbocycles. The van der Waals surface area contributed by atoms with Crippen LogP contribution in [0.4, 0.5) is 16.2 Å². The molecule has 2 aromatic rings. The minimum atomic E-state index is 0.0231. The molecular formula is C21H24N2O2. The average Bonchev–Trinajstić information content (AvgIpc) is 3.37. The number of rotatable bonds is 5. The molecule has 2 aromatic carbocycles. The number of ether oxygens (including phenoxy) is 1. The number of hydrogen-bond donors (Lipinski definition) is 0. The van der Waals surface area contributed by atoms with Crippen LogP contribution in [-0.2, 0) is 4.74 Å². The highest BCUT2D eigenvalue weighted by Gasteiger charge is 2.32. The lowest BCUT2D eigenvalue weighted by atomic mass is 10.2. The molecule has 0 aromatic heterocycles. The van der Waals surface area contributed by atoms with Crippen LogP contribution in [0, 0.1) is 5.92 Å². The zero-order chi connectivity index (χ0) is 17.1. The Morgan fingerprint density at radius 1 is 0.960 bits per heavy atom. The molecule has 2 amide bonds. The van der Waals surface area contributed by atoms with Crippen LogP contribution >= 0.6 is 0 Å². The Morgan fingerprint density at radius 2 is 1.56 bits per heavy atom. The summed E-state index contributed by atoms with van der Waals surface area (Å²) in [5.74, 6) is 0.759. The number of carbonyl (C=O) groups is 1. The van der Waals surface area contributed by atoms with Crippen LogP contribution in [0.25, 0.3) is 0 Å². The summed E-state index contributed by atoms with van der Waals surface area (Å²) in [5, 5.41) is 0. The van der Waals surface area contributed by atoms with Crippen molar-refractivity contribution in [3.05, 3.63) is 60.7 Å². The van der Waals surface area contributed by atoms with Gasteiger partial charge in [-0.3, -0.25) is 4.90 Å². The highest BCUT2D eigenvalue weighted by Crippen LogP contribution is 2.31. The van der Waals surface area contributed by atoms with Gasteiger partial charge < -0.3 is 9.64 Å². The normalized spacial score (nSPS) is 19.8. The van der Waals surface area contributed by atoms with Gasteiger partial charge >= 0.3 is 6.03 Å².